The summed E-state index contributed by atoms with van der Waals surface area (Å²) in [4.78, 5) is 30.3. The van der Waals surface area contributed by atoms with Crippen LogP contribution in [0.2, 0.25) is 0 Å². The van der Waals surface area contributed by atoms with Gasteiger partial charge in [0.1, 0.15) is 11.1 Å². The Hall–Kier alpha value is -3.34. The number of nitrogens with zero attached hydrogens (tertiary/aromatic N) is 1. The third-order valence-corrected chi connectivity index (χ3v) is 5.72. The molecule has 28 heavy (non-hydrogen) atoms. The summed E-state index contributed by atoms with van der Waals surface area (Å²) in [6.07, 6.45) is 3.85. The zero-order chi connectivity index (χ0) is 19.1. The number of likely N-dealkylation sites (tertiary alicyclic amines) is 1. The summed E-state index contributed by atoms with van der Waals surface area (Å²) in [5.74, 6) is 0.171. The van der Waals surface area contributed by atoms with Gasteiger partial charge >= 0.3 is 5.63 Å². The number of rotatable bonds is 2. The monoisotopic (exact) mass is 372 g/mol. The molecule has 2 aromatic heterocycles. The molecule has 0 aliphatic carbocycles. The average molecular weight is 372 g/mol. The summed E-state index contributed by atoms with van der Waals surface area (Å²) in [6.45, 7) is 1.27. The molecular weight excluding hydrogens is 352 g/mol. The number of aromatic amines is 1. The van der Waals surface area contributed by atoms with Crippen LogP contribution in [0.25, 0.3) is 21.9 Å². The van der Waals surface area contributed by atoms with Gasteiger partial charge in [0.25, 0.3) is 5.91 Å². The quantitative estimate of drug-likeness (QED) is 0.534. The lowest BCUT2D eigenvalue weighted by Crippen LogP contribution is -2.39. The third-order valence-electron chi connectivity index (χ3n) is 5.72. The van der Waals surface area contributed by atoms with E-state index in [4.69, 9.17) is 4.42 Å². The van der Waals surface area contributed by atoms with Gasteiger partial charge < -0.3 is 14.3 Å². The molecule has 2 aromatic carbocycles. The Labute approximate surface area is 161 Å². The molecule has 1 N–H and O–H groups in total. The van der Waals surface area contributed by atoms with Gasteiger partial charge in [0.2, 0.25) is 0 Å². The van der Waals surface area contributed by atoms with Gasteiger partial charge in [-0.05, 0) is 42.5 Å². The van der Waals surface area contributed by atoms with Crippen molar-refractivity contribution in [3.05, 3.63) is 82.3 Å². The highest BCUT2D eigenvalue weighted by Gasteiger charge is 2.27. The number of hydrogen-bond donors (Lipinski definition) is 1. The first-order valence-electron chi connectivity index (χ1n) is 9.59. The number of fused-ring (bicyclic) bond motifs is 2. The van der Waals surface area contributed by atoms with Gasteiger partial charge in [-0.15, -0.1) is 0 Å². The molecule has 1 saturated heterocycles. The Morgan fingerprint density at radius 3 is 2.64 bits per heavy atom. The highest BCUT2D eigenvalue weighted by Crippen LogP contribution is 2.33. The molecule has 0 spiro atoms. The second-order valence-corrected chi connectivity index (χ2v) is 7.34. The second-order valence-electron chi connectivity index (χ2n) is 7.34. The molecular formula is C23H20N2O3. The van der Waals surface area contributed by atoms with E-state index in [9.17, 15) is 9.59 Å². The molecule has 1 aliphatic rings. The maximum absolute atomic E-state index is 12.9. The molecule has 140 valence electrons. The van der Waals surface area contributed by atoms with Gasteiger partial charge in [-0.1, -0.05) is 36.4 Å². The van der Waals surface area contributed by atoms with Crippen LogP contribution in [-0.4, -0.2) is 28.9 Å². The molecule has 5 nitrogen and oxygen atoms in total. The molecule has 0 bridgehead atoms. The first-order chi connectivity index (χ1) is 13.7. The maximum Gasteiger partial charge on any atom is 0.349 e. The number of amides is 1. The van der Waals surface area contributed by atoms with Crippen molar-refractivity contribution >= 4 is 27.8 Å². The summed E-state index contributed by atoms with van der Waals surface area (Å²) < 4.78 is 5.33. The van der Waals surface area contributed by atoms with Gasteiger partial charge in [-0.2, -0.15) is 0 Å². The van der Waals surface area contributed by atoms with Gasteiger partial charge in [0.05, 0.1) is 0 Å². The Morgan fingerprint density at radius 1 is 1.04 bits per heavy atom. The van der Waals surface area contributed by atoms with E-state index in [0.717, 1.165) is 23.7 Å². The second kappa shape index (κ2) is 6.68. The van der Waals surface area contributed by atoms with Crippen LogP contribution in [0.15, 0.2) is 70.0 Å². The minimum absolute atomic E-state index is 0.115. The molecule has 5 rings (SSSR count). The van der Waals surface area contributed by atoms with Gasteiger partial charge in [0, 0.05) is 35.6 Å². The molecule has 0 atom stereocenters. The van der Waals surface area contributed by atoms with E-state index in [1.165, 1.54) is 10.9 Å². The van der Waals surface area contributed by atoms with Crippen molar-refractivity contribution in [2.75, 3.05) is 13.1 Å². The van der Waals surface area contributed by atoms with Gasteiger partial charge in [-0.25, -0.2) is 4.79 Å². The molecule has 3 heterocycles. The van der Waals surface area contributed by atoms with Crippen molar-refractivity contribution in [3.8, 4) is 0 Å². The predicted octanol–water partition coefficient (Wildman–Crippen LogP) is 4.29. The predicted molar refractivity (Wildman–Crippen MR) is 109 cm³/mol. The van der Waals surface area contributed by atoms with E-state index >= 15 is 0 Å². The van der Waals surface area contributed by atoms with Crippen LogP contribution in [-0.2, 0) is 0 Å². The first-order valence-corrected chi connectivity index (χ1v) is 9.59. The SMILES string of the molecule is O=C(c1cc2ccccc2oc1=O)N1CCC(c2c[nH]c3ccccc23)CC1. The van der Waals surface area contributed by atoms with Crippen molar-refractivity contribution < 1.29 is 9.21 Å². The number of H-pyrrole nitrogens is 1. The minimum atomic E-state index is -0.567. The van der Waals surface area contributed by atoms with Crippen LogP contribution < -0.4 is 5.63 Å². The Morgan fingerprint density at radius 2 is 1.79 bits per heavy atom. The summed E-state index contributed by atoms with van der Waals surface area (Å²) >= 11 is 0. The van der Waals surface area contributed by atoms with E-state index in [1.54, 1.807) is 17.0 Å². The zero-order valence-electron chi connectivity index (χ0n) is 15.4. The van der Waals surface area contributed by atoms with E-state index in [-0.39, 0.29) is 11.5 Å². The van der Waals surface area contributed by atoms with E-state index in [1.807, 2.05) is 24.3 Å². The number of nitrogens with one attached hydrogen (secondary N) is 1. The fourth-order valence-corrected chi connectivity index (χ4v) is 4.21. The maximum atomic E-state index is 12.9. The fourth-order valence-electron chi connectivity index (χ4n) is 4.21. The average Bonchev–Trinajstić information content (AvgIpc) is 3.17. The van der Waals surface area contributed by atoms with E-state index < -0.39 is 5.63 Å². The molecule has 5 heteroatoms. The number of aromatic nitrogens is 1. The normalized spacial score (nSPS) is 15.4. The van der Waals surface area contributed by atoms with Crippen molar-refractivity contribution in [3.63, 3.8) is 0 Å². The number of carbonyl (C=O) groups excluding carboxylic acids is 1. The third kappa shape index (κ3) is 2.80. The minimum Gasteiger partial charge on any atom is -0.422 e. The molecule has 0 saturated carbocycles. The van der Waals surface area contributed by atoms with Gasteiger partial charge in [0.15, 0.2) is 0 Å². The lowest BCUT2D eigenvalue weighted by Gasteiger charge is -2.31. The van der Waals surface area contributed by atoms with Crippen LogP contribution in [0, 0.1) is 0 Å². The Kier molecular flexibility index (Phi) is 4.01. The highest BCUT2D eigenvalue weighted by atomic mass is 16.4. The van der Waals surface area contributed by atoms with Crippen LogP contribution >= 0.6 is 0 Å². The first kappa shape index (κ1) is 16.8. The lowest BCUT2D eigenvalue weighted by atomic mass is 9.89. The van der Waals surface area contributed by atoms with Crippen molar-refractivity contribution in [2.45, 2.75) is 18.8 Å². The number of para-hydroxylation sites is 2. The highest BCUT2D eigenvalue weighted by molar-refractivity contribution is 5.96. The van der Waals surface area contributed by atoms with Crippen LogP contribution in [0.4, 0.5) is 0 Å². The largest absolute Gasteiger partial charge is 0.422 e. The molecule has 0 unspecified atom stereocenters. The fraction of sp³-hybridized carbons (Fsp3) is 0.217. The summed E-state index contributed by atoms with van der Waals surface area (Å²) in [5.41, 5.74) is 2.51. The molecule has 1 amide bonds. The zero-order valence-corrected chi connectivity index (χ0v) is 15.4. The number of hydrogen-bond acceptors (Lipinski definition) is 3. The Bertz CT molecular complexity index is 1230. The van der Waals surface area contributed by atoms with Crippen molar-refractivity contribution in [1.29, 1.82) is 0 Å². The number of piperidine rings is 1. The van der Waals surface area contributed by atoms with Crippen LogP contribution in [0.5, 0.6) is 0 Å². The summed E-state index contributed by atoms with van der Waals surface area (Å²) in [7, 11) is 0. The standard InChI is InChI=1S/C23H20N2O3/c26-22(18-13-16-5-1-4-8-21(16)28-23(18)27)25-11-9-15(10-12-25)19-14-24-20-7-3-2-6-17(19)20/h1-8,13-15,24H,9-12H2. The smallest absolute Gasteiger partial charge is 0.349 e. The van der Waals surface area contributed by atoms with E-state index in [2.05, 4.69) is 29.4 Å². The Balaban J connectivity index is 1.36. The molecule has 1 fully saturated rings. The lowest BCUT2D eigenvalue weighted by molar-refractivity contribution is 0.0709. The van der Waals surface area contributed by atoms with Crippen molar-refractivity contribution in [1.82, 2.24) is 9.88 Å². The molecule has 4 aromatic rings. The van der Waals surface area contributed by atoms with E-state index in [0.29, 0.717) is 24.6 Å². The summed E-state index contributed by atoms with van der Waals surface area (Å²) in [5, 5.41) is 2.02. The number of benzene rings is 2. The van der Waals surface area contributed by atoms with Gasteiger partial charge in [-0.3, -0.25) is 4.79 Å². The number of carbonyl (C=O) groups is 1. The summed E-state index contributed by atoms with van der Waals surface area (Å²) in [6, 6.07) is 17.2. The molecule has 0 radical (unpaired) electrons. The topological polar surface area (TPSA) is 66.3 Å². The van der Waals surface area contributed by atoms with Crippen LogP contribution in [0.1, 0.15) is 34.7 Å². The molecule has 1 aliphatic heterocycles. The van der Waals surface area contributed by atoms with Crippen LogP contribution in [0.3, 0.4) is 0 Å². The van der Waals surface area contributed by atoms with Crippen molar-refractivity contribution in [2.24, 2.45) is 0 Å².